The van der Waals surface area contributed by atoms with Crippen molar-refractivity contribution >= 4 is 0 Å². The summed E-state index contributed by atoms with van der Waals surface area (Å²) in [5, 5.41) is 148. The zero-order chi connectivity index (χ0) is 42.7. The van der Waals surface area contributed by atoms with Gasteiger partial charge in [0.2, 0.25) is 0 Å². The van der Waals surface area contributed by atoms with Crippen molar-refractivity contribution in [1.29, 1.82) is 0 Å². The molecule has 0 aromatic carbocycles. The second-order valence-electron chi connectivity index (χ2n) is 14.6. The molecule has 59 heavy (non-hydrogen) atoms. The van der Waals surface area contributed by atoms with E-state index in [1.165, 1.54) is 13.0 Å². The number of aliphatic hydroxyl groups excluding tert-OH is 14. The largest absolute Gasteiger partial charge is 0.668 e. The Bertz CT molecular complexity index is 1280. The SMILES string of the molecule is C=CCO[C@@H]1OC(CO)[C@H](O[C@H]2OC(CO)[C@H](O)C(O[C@@H]3OC(CO)[C@H](O)C(O[C@@H]4OC(CO)[C@H](O)C(O)C4O[C@@H]4OC(C)[C@H](O)C(O)C4O)C3[NH-])C2O)C(O)C1O.[Ac]. The molecule has 5 saturated heterocycles. The first-order chi connectivity index (χ1) is 27.5. The van der Waals surface area contributed by atoms with Gasteiger partial charge in [0.15, 0.2) is 25.2 Å². The summed E-state index contributed by atoms with van der Waals surface area (Å²) < 4.78 is 56.2. The van der Waals surface area contributed by atoms with Crippen LogP contribution in [-0.4, -0.2) is 258 Å². The summed E-state index contributed by atoms with van der Waals surface area (Å²) in [5.74, 6) is 0. The molecule has 1 radical (unpaired) electrons. The second kappa shape index (κ2) is 22.9. The molecular formula is C33H56AcNO24-. The molecule has 26 heteroatoms. The van der Waals surface area contributed by atoms with E-state index >= 15 is 0 Å². The van der Waals surface area contributed by atoms with Gasteiger partial charge in [-0.25, -0.2) is 0 Å². The Balaban J connectivity index is 0.00000769. The first-order valence-corrected chi connectivity index (χ1v) is 18.6. The normalized spacial score (nSPS) is 50.8. The number of hydrogen-bond donors (Lipinski definition) is 14. The number of ether oxygens (including phenoxy) is 10. The van der Waals surface area contributed by atoms with Crippen LogP contribution in [0.3, 0.4) is 0 Å². The Hall–Kier alpha value is 0.182. The van der Waals surface area contributed by atoms with Gasteiger partial charge in [0.25, 0.3) is 0 Å². The Labute approximate surface area is 372 Å². The van der Waals surface area contributed by atoms with Gasteiger partial charge in [-0.15, -0.1) is 6.58 Å². The third-order valence-electron chi connectivity index (χ3n) is 10.7. The predicted octanol–water partition coefficient (Wildman–Crippen LogP) is -8.63. The summed E-state index contributed by atoms with van der Waals surface area (Å²) in [6.45, 7) is 1.21. The van der Waals surface area contributed by atoms with E-state index in [4.69, 9.17) is 53.1 Å². The van der Waals surface area contributed by atoms with Crippen LogP contribution in [0.25, 0.3) is 5.73 Å². The van der Waals surface area contributed by atoms with Crippen LogP contribution in [0.2, 0.25) is 0 Å². The van der Waals surface area contributed by atoms with Crippen LogP contribution >= 0.6 is 0 Å². The van der Waals surface area contributed by atoms with Gasteiger partial charge in [-0.05, 0) is 6.92 Å². The van der Waals surface area contributed by atoms with Gasteiger partial charge in [0, 0.05) is 44.1 Å². The molecule has 0 amide bonds. The fourth-order valence-electron chi connectivity index (χ4n) is 7.25. The smallest absolute Gasteiger partial charge is 0.187 e. The van der Waals surface area contributed by atoms with E-state index in [0.717, 1.165) is 0 Å². The fraction of sp³-hybridized carbons (Fsp3) is 0.939. The molecule has 0 aliphatic carbocycles. The Morgan fingerprint density at radius 2 is 0.898 bits per heavy atom. The summed E-state index contributed by atoms with van der Waals surface area (Å²) in [7, 11) is 0. The molecule has 5 aliphatic heterocycles. The van der Waals surface area contributed by atoms with Crippen LogP contribution in [0.4, 0.5) is 0 Å². The molecule has 25 nitrogen and oxygen atoms in total. The maximum atomic E-state index is 11.4. The molecule has 0 spiro atoms. The molecular weight excluding hydrogens is 1020 g/mol. The number of aliphatic hydroxyl groups is 14. The van der Waals surface area contributed by atoms with E-state index in [0.29, 0.717) is 0 Å². The second-order valence-corrected chi connectivity index (χ2v) is 14.6. The molecule has 5 fully saturated rings. The summed E-state index contributed by atoms with van der Waals surface area (Å²) >= 11 is 0. The first-order valence-electron chi connectivity index (χ1n) is 18.6. The molecule has 5 aliphatic rings. The van der Waals surface area contributed by atoms with Gasteiger partial charge in [0.05, 0.1) is 45.2 Å². The Morgan fingerprint density at radius 3 is 1.49 bits per heavy atom. The number of hydrogen-bond acceptors (Lipinski definition) is 24. The average molecular weight is 1080 g/mol. The van der Waals surface area contributed by atoms with E-state index < -0.39 is 180 Å². The van der Waals surface area contributed by atoms with Gasteiger partial charge >= 0.3 is 0 Å². The number of rotatable bonds is 15. The van der Waals surface area contributed by atoms with Crippen molar-refractivity contribution in [3.8, 4) is 0 Å². The molecule has 0 saturated carbocycles. The maximum Gasteiger partial charge on any atom is 0.187 e. The minimum absolute atomic E-state index is 0. The maximum absolute atomic E-state index is 11.4. The first kappa shape index (κ1) is 51.8. The van der Waals surface area contributed by atoms with Crippen molar-refractivity contribution in [2.24, 2.45) is 0 Å². The predicted molar refractivity (Wildman–Crippen MR) is 181 cm³/mol. The van der Waals surface area contributed by atoms with Crippen molar-refractivity contribution in [2.45, 2.75) is 160 Å². The molecule has 25 atom stereocenters. The average Bonchev–Trinajstić information content (AvgIpc) is 3.21. The van der Waals surface area contributed by atoms with E-state index in [1.807, 2.05) is 0 Å². The van der Waals surface area contributed by atoms with E-state index in [2.05, 4.69) is 6.58 Å². The summed E-state index contributed by atoms with van der Waals surface area (Å²) in [6, 6.07) is -1.91. The molecule has 341 valence electrons. The van der Waals surface area contributed by atoms with Crippen LogP contribution < -0.4 is 0 Å². The van der Waals surface area contributed by atoms with Gasteiger partial charge in [-0.1, -0.05) is 12.1 Å². The van der Waals surface area contributed by atoms with Crippen LogP contribution in [0.1, 0.15) is 6.92 Å². The minimum atomic E-state index is -2.05. The van der Waals surface area contributed by atoms with E-state index in [1.54, 1.807) is 0 Å². The zero-order valence-corrected chi connectivity index (χ0v) is 36.4. The van der Waals surface area contributed by atoms with E-state index in [-0.39, 0.29) is 50.7 Å². The van der Waals surface area contributed by atoms with E-state index in [9.17, 15) is 71.5 Å². The Morgan fingerprint density at radius 1 is 0.458 bits per heavy atom. The number of nitrogens with one attached hydrogen (secondary N) is 1. The topological polar surface area (TPSA) is 399 Å². The van der Waals surface area contributed by atoms with Gasteiger partial charge in [-0.2, -0.15) is 0 Å². The third kappa shape index (κ3) is 11.2. The molecule has 0 aromatic heterocycles. The Kier molecular flexibility index (Phi) is 20.1. The fourth-order valence-corrected chi connectivity index (χ4v) is 7.25. The standard InChI is InChI=1S/C33H56NO24.Ac/c1-3-4-49-30-23(47)21(45)25(13(8-38)54-30)55-32-24(48)27(18(42)12(7-37)52-32)57-29-14(34)26(17(41)11(6-36)51-29)56-33-28(20(44)16(40)10(5-35)53-33)58-31-22(46)19(43)15(39)9(2)50-31;/h3,9-48H,1,4-8H2,2H3;/q-1;/t9?,10?,11?,12?,13?,14?,15-,16-,17-,18-,19?,20?,21?,22?,23?,24?,25-,26?,27?,28?,29-,30+,31-,32+,33-;/m0./s1. The van der Waals surface area contributed by atoms with Gasteiger partial charge in [0.1, 0.15) is 110 Å². The van der Waals surface area contributed by atoms with Crippen LogP contribution in [-0.2, 0) is 47.4 Å². The van der Waals surface area contributed by atoms with Crippen LogP contribution in [0, 0.1) is 44.1 Å². The van der Waals surface area contributed by atoms with Gasteiger partial charge < -0.3 is 125 Å². The summed E-state index contributed by atoms with van der Waals surface area (Å²) in [4.78, 5) is 0. The van der Waals surface area contributed by atoms with Crippen molar-refractivity contribution in [1.82, 2.24) is 0 Å². The van der Waals surface area contributed by atoms with Gasteiger partial charge in [-0.3, -0.25) is 0 Å². The summed E-state index contributed by atoms with van der Waals surface area (Å²) in [6.07, 6.45) is -40.4. The molecule has 0 bridgehead atoms. The summed E-state index contributed by atoms with van der Waals surface area (Å²) in [5.41, 5.74) is 8.98. The van der Waals surface area contributed by atoms with Crippen molar-refractivity contribution < 1.29 is 163 Å². The minimum Gasteiger partial charge on any atom is -0.668 e. The molecule has 0 aromatic rings. The zero-order valence-electron chi connectivity index (χ0n) is 31.7. The molecule has 15 unspecified atom stereocenters. The monoisotopic (exact) mass is 1080 g/mol. The molecule has 5 rings (SSSR count). The third-order valence-corrected chi connectivity index (χ3v) is 10.7. The molecule has 15 N–H and O–H groups in total. The van der Waals surface area contributed by atoms with Crippen LogP contribution in [0.15, 0.2) is 12.7 Å². The van der Waals surface area contributed by atoms with Crippen molar-refractivity contribution in [3.05, 3.63) is 18.4 Å². The van der Waals surface area contributed by atoms with Crippen molar-refractivity contribution in [2.75, 3.05) is 33.0 Å². The quantitative estimate of drug-likeness (QED) is 0.0677. The molecule has 5 heterocycles. The van der Waals surface area contributed by atoms with Crippen LogP contribution in [0.5, 0.6) is 0 Å². The van der Waals surface area contributed by atoms with Crippen molar-refractivity contribution in [3.63, 3.8) is 0 Å².